The van der Waals surface area contributed by atoms with Gasteiger partial charge in [-0.1, -0.05) is 6.07 Å². The molecule has 2 N–H and O–H groups in total. The van der Waals surface area contributed by atoms with Gasteiger partial charge in [-0.15, -0.1) is 0 Å². The molecule has 0 bridgehead atoms. The molecule has 1 amide bonds. The van der Waals surface area contributed by atoms with Crippen LogP contribution in [-0.2, 0) is 11.2 Å². The largest absolute Gasteiger partial charge is 0.493 e. The van der Waals surface area contributed by atoms with E-state index in [2.05, 4.69) is 5.32 Å². The van der Waals surface area contributed by atoms with E-state index in [0.717, 1.165) is 0 Å². The molecule has 0 saturated heterocycles. The Labute approximate surface area is 156 Å². The number of anilines is 1. The molecule has 2 aromatic carbocycles. The second-order valence-electron chi connectivity index (χ2n) is 5.47. The number of carbonyl (C=O) groups excluding carboxylic acids is 1. The van der Waals surface area contributed by atoms with Crippen LogP contribution in [0.5, 0.6) is 23.0 Å². The molecular weight excluding hydrogens is 354 g/mol. The molecule has 0 aromatic heterocycles. The quantitative estimate of drug-likeness (QED) is 0.731. The third-order valence-electron chi connectivity index (χ3n) is 3.84. The highest BCUT2D eigenvalue weighted by Crippen LogP contribution is 2.33. The Balaban J connectivity index is 2.26. The van der Waals surface area contributed by atoms with Gasteiger partial charge in [0.15, 0.2) is 23.0 Å². The number of methoxy groups -OCH3 is 4. The van der Waals surface area contributed by atoms with E-state index in [1.807, 2.05) is 0 Å². The molecule has 0 aliphatic heterocycles. The summed E-state index contributed by atoms with van der Waals surface area (Å²) in [5.41, 5.74) is 0.696. The molecule has 0 aliphatic carbocycles. The van der Waals surface area contributed by atoms with E-state index < -0.39 is 11.9 Å². The van der Waals surface area contributed by atoms with Crippen LogP contribution in [0.25, 0.3) is 0 Å². The number of benzene rings is 2. The maximum atomic E-state index is 12.4. The zero-order chi connectivity index (χ0) is 20.0. The Kier molecular flexibility index (Phi) is 6.48. The van der Waals surface area contributed by atoms with E-state index in [1.54, 1.807) is 18.2 Å². The highest BCUT2D eigenvalue weighted by molar-refractivity contribution is 6.02. The van der Waals surface area contributed by atoms with Gasteiger partial charge in [-0.25, -0.2) is 4.79 Å². The van der Waals surface area contributed by atoms with Gasteiger partial charge >= 0.3 is 5.97 Å². The molecule has 0 heterocycles. The van der Waals surface area contributed by atoms with E-state index in [9.17, 15) is 14.7 Å². The van der Waals surface area contributed by atoms with E-state index >= 15 is 0 Å². The highest BCUT2D eigenvalue weighted by Gasteiger charge is 2.18. The predicted octanol–water partition coefficient (Wildman–Crippen LogP) is 2.60. The van der Waals surface area contributed by atoms with Crippen LogP contribution in [0, 0.1) is 0 Å². The predicted molar refractivity (Wildman–Crippen MR) is 98.4 cm³/mol. The summed E-state index contributed by atoms with van der Waals surface area (Å²) in [5, 5.41) is 12.0. The second kappa shape index (κ2) is 8.79. The summed E-state index contributed by atoms with van der Waals surface area (Å²) in [7, 11) is 5.85. The van der Waals surface area contributed by atoms with Gasteiger partial charge in [0.25, 0.3) is 0 Å². The lowest BCUT2D eigenvalue weighted by molar-refractivity contribution is -0.115. The van der Waals surface area contributed by atoms with Crippen molar-refractivity contribution in [2.75, 3.05) is 33.8 Å². The summed E-state index contributed by atoms with van der Waals surface area (Å²) in [6.07, 6.45) is 0.0216. The monoisotopic (exact) mass is 375 g/mol. The summed E-state index contributed by atoms with van der Waals surface area (Å²) >= 11 is 0. The molecule has 0 radical (unpaired) electrons. The lowest BCUT2D eigenvalue weighted by atomic mass is 10.1. The van der Waals surface area contributed by atoms with E-state index in [4.69, 9.17) is 18.9 Å². The summed E-state index contributed by atoms with van der Waals surface area (Å²) in [6, 6.07) is 7.82. The maximum absolute atomic E-state index is 12.4. The number of carboxylic acids is 1. The zero-order valence-corrected chi connectivity index (χ0v) is 15.5. The molecule has 0 spiro atoms. The topological polar surface area (TPSA) is 103 Å². The first-order chi connectivity index (χ1) is 12.9. The smallest absolute Gasteiger partial charge is 0.337 e. The van der Waals surface area contributed by atoms with E-state index in [0.29, 0.717) is 22.8 Å². The van der Waals surface area contributed by atoms with E-state index in [1.165, 1.54) is 40.6 Å². The molecule has 8 nitrogen and oxygen atoms in total. The molecule has 0 atom stereocenters. The van der Waals surface area contributed by atoms with Gasteiger partial charge < -0.3 is 29.4 Å². The lowest BCUT2D eigenvalue weighted by Gasteiger charge is -2.14. The van der Waals surface area contributed by atoms with Crippen LogP contribution >= 0.6 is 0 Å². The van der Waals surface area contributed by atoms with Crippen LogP contribution in [0.1, 0.15) is 15.9 Å². The first kappa shape index (κ1) is 19.9. The van der Waals surface area contributed by atoms with Gasteiger partial charge in [-0.05, 0) is 17.7 Å². The van der Waals surface area contributed by atoms with Crippen molar-refractivity contribution in [3.05, 3.63) is 41.5 Å². The molecule has 0 unspecified atom stereocenters. The minimum Gasteiger partial charge on any atom is -0.493 e. The summed E-state index contributed by atoms with van der Waals surface area (Å²) in [4.78, 5) is 23.9. The van der Waals surface area contributed by atoms with Gasteiger partial charge in [0.1, 0.15) is 0 Å². The van der Waals surface area contributed by atoms with Gasteiger partial charge in [-0.2, -0.15) is 0 Å². The number of carboxylic acid groups (broad SMARTS) is 1. The van der Waals surface area contributed by atoms with Crippen molar-refractivity contribution in [3.8, 4) is 23.0 Å². The SMILES string of the molecule is COc1ccc(CC(=O)Nc2cc(OC)c(OC)cc2C(=O)O)cc1OC. The van der Waals surface area contributed by atoms with Gasteiger partial charge in [0, 0.05) is 12.1 Å². The molecule has 0 saturated carbocycles. The summed E-state index contributed by atoms with van der Waals surface area (Å²) < 4.78 is 20.7. The van der Waals surface area contributed by atoms with Crippen molar-refractivity contribution in [3.63, 3.8) is 0 Å². The molecule has 2 rings (SSSR count). The normalized spacial score (nSPS) is 10.1. The van der Waals surface area contributed by atoms with Crippen molar-refractivity contribution in [2.24, 2.45) is 0 Å². The molecular formula is C19H21NO7. The van der Waals surface area contributed by atoms with Crippen LogP contribution in [-0.4, -0.2) is 45.4 Å². The number of hydrogen-bond donors (Lipinski definition) is 2. The third kappa shape index (κ3) is 4.60. The van der Waals surface area contributed by atoms with Gasteiger partial charge in [0.05, 0.1) is 46.1 Å². The molecule has 27 heavy (non-hydrogen) atoms. The van der Waals surface area contributed by atoms with Gasteiger partial charge in [0.2, 0.25) is 5.91 Å². The van der Waals surface area contributed by atoms with Crippen molar-refractivity contribution >= 4 is 17.6 Å². The van der Waals surface area contributed by atoms with Crippen LogP contribution < -0.4 is 24.3 Å². The van der Waals surface area contributed by atoms with Crippen molar-refractivity contribution in [1.82, 2.24) is 0 Å². The summed E-state index contributed by atoms with van der Waals surface area (Å²) in [5.74, 6) is 0.0286. The molecule has 2 aromatic rings. The van der Waals surface area contributed by atoms with Crippen LogP contribution in [0.3, 0.4) is 0 Å². The van der Waals surface area contributed by atoms with Crippen LogP contribution in [0.15, 0.2) is 30.3 Å². The minimum atomic E-state index is -1.20. The second-order valence-corrected chi connectivity index (χ2v) is 5.47. The zero-order valence-electron chi connectivity index (χ0n) is 15.5. The number of hydrogen-bond acceptors (Lipinski definition) is 6. The average Bonchev–Trinajstić information content (AvgIpc) is 2.67. The number of carbonyl (C=O) groups is 2. The molecule has 0 aliphatic rings. The summed E-state index contributed by atoms with van der Waals surface area (Å²) in [6.45, 7) is 0. The standard InChI is InChI=1S/C19H21NO7/c1-24-14-6-5-11(7-15(14)25-2)8-18(21)20-13-10-17(27-4)16(26-3)9-12(13)19(22)23/h5-7,9-10H,8H2,1-4H3,(H,20,21)(H,22,23). The molecule has 8 heteroatoms. The number of nitrogens with one attached hydrogen (secondary N) is 1. The first-order valence-corrected chi connectivity index (χ1v) is 7.93. The highest BCUT2D eigenvalue weighted by atomic mass is 16.5. The maximum Gasteiger partial charge on any atom is 0.337 e. The fraction of sp³-hybridized carbons (Fsp3) is 0.263. The average molecular weight is 375 g/mol. The Morgan fingerprint density at radius 3 is 1.96 bits per heavy atom. The Hall–Kier alpha value is -3.42. The number of amides is 1. The fourth-order valence-electron chi connectivity index (χ4n) is 2.53. The Morgan fingerprint density at radius 1 is 0.852 bits per heavy atom. The third-order valence-corrected chi connectivity index (χ3v) is 3.84. The minimum absolute atomic E-state index is 0.0216. The van der Waals surface area contributed by atoms with Crippen LogP contribution in [0.4, 0.5) is 5.69 Å². The fourth-order valence-corrected chi connectivity index (χ4v) is 2.53. The lowest BCUT2D eigenvalue weighted by Crippen LogP contribution is -2.17. The number of aromatic carboxylic acids is 1. The Bertz CT molecular complexity index is 848. The Morgan fingerprint density at radius 2 is 1.41 bits per heavy atom. The molecule has 144 valence electrons. The van der Waals surface area contributed by atoms with Crippen molar-refractivity contribution in [1.29, 1.82) is 0 Å². The van der Waals surface area contributed by atoms with Crippen molar-refractivity contribution in [2.45, 2.75) is 6.42 Å². The molecule has 0 fully saturated rings. The first-order valence-electron chi connectivity index (χ1n) is 7.93. The van der Waals surface area contributed by atoms with E-state index in [-0.39, 0.29) is 23.4 Å². The number of ether oxygens (including phenoxy) is 4. The van der Waals surface area contributed by atoms with Crippen LogP contribution in [0.2, 0.25) is 0 Å². The van der Waals surface area contributed by atoms with Crippen molar-refractivity contribution < 1.29 is 33.6 Å². The van der Waals surface area contributed by atoms with Gasteiger partial charge in [-0.3, -0.25) is 4.79 Å². The number of rotatable bonds is 8.